The fourth-order valence-electron chi connectivity index (χ4n) is 2.55. The van der Waals surface area contributed by atoms with E-state index in [1.807, 2.05) is 22.9 Å². The second-order valence-corrected chi connectivity index (χ2v) is 5.10. The van der Waals surface area contributed by atoms with Crippen LogP contribution in [0.3, 0.4) is 0 Å². The quantitative estimate of drug-likeness (QED) is 0.721. The van der Waals surface area contributed by atoms with Crippen molar-refractivity contribution in [2.24, 2.45) is 0 Å². The van der Waals surface area contributed by atoms with E-state index in [1.165, 1.54) is 16.7 Å². The van der Waals surface area contributed by atoms with E-state index in [1.54, 1.807) is 0 Å². The van der Waals surface area contributed by atoms with Crippen molar-refractivity contribution in [1.29, 1.82) is 0 Å². The van der Waals surface area contributed by atoms with Gasteiger partial charge in [-0.15, -0.1) is 5.10 Å². The van der Waals surface area contributed by atoms with Gasteiger partial charge in [-0.25, -0.2) is 4.68 Å². The first kappa shape index (κ1) is 12.9. The number of para-hydroxylation sites is 1. The molecule has 0 bridgehead atoms. The molecule has 0 aliphatic heterocycles. The van der Waals surface area contributed by atoms with Crippen LogP contribution in [0, 0.1) is 0 Å². The number of hydrogen-bond acceptors (Lipinski definition) is 2. The van der Waals surface area contributed by atoms with Crippen molar-refractivity contribution in [2.45, 2.75) is 33.2 Å². The average molecular weight is 265 g/mol. The van der Waals surface area contributed by atoms with E-state index in [2.05, 4.69) is 48.4 Å². The molecule has 0 fully saturated rings. The number of benzene rings is 2. The van der Waals surface area contributed by atoms with Gasteiger partial charge < -0.3 is 0 Å². The lowest BCUT2D eigenvalue weighted by Crippen LogP contribution is -2.03. The number of nitrogens with zero attached hydrogens (tertiary/aromatic N) is 3. The van der Waals surface area contributed by atoms with Crippen LogP contribution in [0.2, 0.25) is 0 Å². The summed E-state index contributed by atoms with van der Waals surface area (Å²) in [5, 5.41) is 8.48. The number of hydrogen-bond donors (Lipinski definition) is 0. The summed E-state index contributed by atoms with van der Waals surface area (Å²) < 4.78 is 1.98. The number of aromatic nitrogens is 3. The van der Waals surface area contributed by atoms with Crippen molar-refractivity contribution in [1.82, 2.24) is 15.0 Å². The van der Waals surface area contributed by atoms with Crippen LogP contribution in [-0.4, -0.2) is 15.0 Å². The standard InChI is InChI=1S/C17H19N3/c1-3-13-9-14(4-2)11-15(10-13)12-20-17-8-6-5-7-16(17)18-19-20/h5-11H,3-4,12H2,1-2H3. The van der Waals surface area contributed by atoms with Gasteiger partial charge in [0.1, 0.15) is 5.52 Å². The minimum atomic E-state index is 0.779. The highest BCUT2D eigenvalue weighted by Gasteiger charge is 2.05. The largest absolute Gasteiger partial charge is 0.240 e. The molecule has 102 valence electrons. The maximum atomic E-state index is 4.27. The maximum Gasteiger partial charge on any atom is 0.113 e. The van der Waals surface area contributed by atoms with Gasteiger partial charge >= 0.3 is 0 Å². The highest BCUT2D eigenvalue weighted by Crippen LogP contribution is 2.16. The molecule has 0 spiro atoms. The lowest BCUT2D eigenvalue weighted by molar-refractivity contribution is 0.668. The molecule has 0 saturated heterocycles. The average Bonchev–Trinajstić information content (AvgIpc) is 2.90. The summed E-state index contributed by atoms with van der Waals surface area (Å²) in [4.78, 5) is 0. The van der Waals surface area contributed by atoms with Gasteiger partial charge in [-0.05, 0) is 41.7 Å². The van der Waals surface area contributed by atoms with Crippen molar-refractivity contribution < 1.29 is 0 Å². The van der Waals surface area contributed by atoms with Crippen molar-refractivity contribution in [3.05, 3.63) is 59.2 Å². The Balaban J connectivity index is 1.98. The van der Waals surface area contributed by atoms with Gasteiger partial charge in [0.25, 0.3) is 0 Å². The molecule has 1 heterocycles. The SMILES string of the molecule is CCc1cc(CC)cc(Cn2nnc3ccccc32)c1. The molecule has 0 aliphatic carbocycles. The van der Waals surface area contributed by atoms with Crippen LogP contribution in [0.25, 0.3) is 11.0 Å². The summed E-state index contributed by atoms with van der Waals surface area (Å²) in [5.74, 6) is 0. The Hall–Kier alpha value is -2.16. The van der Waals surface area contributed by atoms with Crippen LogP contribution in [-0.2, 0) is 19.4 Å². The number of rotatable bonds is 4. The second-order valence-electron chi connectivity index (χ2n) is 5.10. The van der Waals surface area contributed by atoms with E-state index in [4.69, 9.17) is 0 Å². The summed E-state index contributed by atoms with van der Waals surface area (Å²) in [5.41, 5.74) is 6.13. The van der Waals surface area contributed by atoms with Gasteiger partial charge in [0.15, 0.2) is 0 Å². The van der Waals surface area contributed by atoms with Gasteiger partial charge in [0.2, 0.25) is 0 Å². The lowest BCUT2D eigenvalue weighted by Gasteiger charge is -2.08. The third-order valence-electron chi connectivity index (χ3n) is 3.68. The maximum absolute atomic E-state index is 4.27. The highest BCUT2D eigenvalue weighted by atomic mass is 15.4. The summed E-state index contributed by atoms with van der Waals surface area (Å²) in [6.07, 6.45) is 2.14. The van der Waals surface area contributed by atoms with Crippen molar-refractivity contribution in [3.8, 4) is 0 Å². The topological polar surface area (TPSA) is 30.7 Å². The monoisotopic (exact) mass is 265 g/mol. The molecule has 0 atom stereocenters. The molecular weight excluding hydrogens is 246 g/mol. The summed E-state index contributed by atoms with van der Waals surface area (Å²) >= 11 is 0. The molecule has 1 aromatic heterocycles. The fourth-order valence-corrected chi connectivity index (χ4v) is 2.55. The molecular formula is C17H19N3. The highest BCUT2D eigenvalue weighted by molar-refractivity contribution is 5.73. The molecule has 0 N–H and O–H groups in total. The Morgan fingerprint density at radius 3 is 2.25 bits per heavy atom. The van der Waals surface area contributed by atoms with E-state index >= 15 is 0 Å². The van der Waals surface area contributed by atoms with Gasteiger partial charge in [0.05, 0.1) is 12.1 Å². The van der Waals surface area contributed by atoms with Crippen LogP contribution < -0.4 is 0 Å². The normalized spacial score (nSPS) is 11.1. The smallest absolute Gasteiger partial charge is 0.113 e. The van der Waals surface area contributed by atoms with Crippen molar-refractivity contribution >= 4 is 11.0 Å². The number of fused-ring (bicyclic) bond motifs is 1. The Morgan fingerprint density at radius 1 is 0.900 bits per heavy atom. The minimum absolute atomic E-state index is 0.779. The zero-order valence-electron chi connectivity index (χ0n) is 12.0. The summed E-state index contributed by atoms with van der Waals surface area (Å²) in [6.45, 7) is 5.17. The third kappa shape index (κ3) is 2.44. The Bertz CT molecular complexity index is 706. The molecule has 0 amide bonds. The zero-order chi connectivity index (χ0) is 13.9. The van der Waals surface area contributed by atoms with Gasteiger partial charge in [-0.3, -0.25) is 0 Å². The first-order valence-electron chi connectivity index (χ1n) is 7.20. The summed E-state index contributed by atoms with van der Waals surface area (Å²) in [6, 6.07) is 14.9. The molecule has 3 aromatic rings. The van der Waals surface area contributed by atoms with Crippen LogP contribution in [0.5, 0.6) is 0 Å². The van der Waals surface area contributed by atoms with Crippen molar-refractivity contribution in [3.63, 3.8) is 0 Å². The van der Waals surface area contributed by atoms with E-state index in [0.717, 1.165) is 30.4 Å². The predicted molar refractivity (Wildman–Crippen MR) is 81.8 cm³/mol. The van der Waals surface area contributed by atoms with Crippen LogP contribution >= 0.6 is 0 Å². The fraction of sp³-hybridized carbons (Fsp3) is 0.294. The lowest BCUT2D eigenvalue weighted by atomic mass is 10.0. The van der Waals surface area contributed by atoms with E-state index in [-0.39, 0.29) is 0 Å². The second kappa shape index (κ2) is 5.45. The first-order chi connectivity index (χ1) is 9.80. The molecule has 0 aliphatic rings. The zero-order valence-corrected chi connectivity index (χ0v) is 12.0. The molecule has 3 nitrogen and oxygen atoms in total. The van der Waals surface area contributed by atoms with E-state index in [0.29, 0.717) is 0 Å². The first-order valence-corrected chi connectivity index (χ1v) is 7.20. The Morgan fingerprint density at radius 2 is 1.55 bits per heavy atom. The molecule has 0 unspecified atom stereocenters. The van der Waals surface area contributed by atoms with Crippen LogP contribution in [0.15, 0.2) is 42.5 Å². The van der Waals surface area contributed by atoms with Gasteiger partial charge in [-0.1, -0.05) is 49.4 Å². The molecule has 3 rings (SSSR count). The van der Waals surface area contributed by atoms with Crippen molar-refractivity contribution in [2.75, 3.05) is 0 Å². The van der Waals surface area contributed by atoms with Crippen LogP contribution in [0.1, 0.15) is 30.5 Å². The molecule has 0 saturated carbocycles. The Kier molecular flexibility index (Phi) is 3.50. The molecule has 3 heteroatoms. The number of aryl methyl sites for hydroxylation is 2. The molecule has 2 aromatic carbocycles. The van der Waals surface area contributed by atoms with Gasteiger partial charge in [0, 0.05) is 0 Å². The minimum Gasteiger partial charge on any atom is -0.240 e. The van der Waals surface area contributed by atoms with Crippen LogP contribution in [0.4, 0.5) is 0 Å². The molecule has 0 radical (unpaired) electrons. The van der Waals surface area contributed by atoms with E-state index in [9.17, 15) is 0 Å². The van der Waals surface area contributed by atoms with Gasteiger partial charge in [-0.2, -0.15) is 0 Å². The predicted octanol–water partition coefficient (Wildman–Crippen LogP) is 3.60. The summed E-state index contributed by atoms with van der Waals surface area (Å²) in [7, 11) is 0. The molecule has 20 heavy (non-hydrogen) atoms. The van der Waals surface area contributed by atoms with E-state index < -0.39 is 0 Å². The third-order valence-corrected chi connectivity index (χ3v) is 3.68. The Labute approximate surface area is 119 Å².